The van der Waals surface area contributed by atoms with Crippen LogP contribution in [0, 0.1) is 0 Å². The molecule has 2 N–H and O–H groups in total. The predicted molar refractivity (Wildman–Crippen MR) is 57.7 cm³/mol. The normalized spacial score (nSPS) is 12.4. The maximum Gasteiger partial charge on any atom is 0.118 e. The average molecular weight is 203 g/mol. The molecule has 1 aromatic carbocycles. The lowest BCUT2D eigenvalue weighted by molar-refractivity contribution is 0.414. The first-order valence-corrected chi connectivity index (χ1v) is 4.73. The number of methoxy groups -OCH3 is 1. The van der Waals surface area contributed by atoms with Crippen LogP contribution in [-0.2, 0) is 0 Å². The molecule has 1 atom stereocenters. The van der Waals surface area contributed by atoms with Gasteiger partial charge >= 0.3 is 0 Å². The lowest BCUT2D eigenvalue weighted by atomic mass is 10.0. The molecule has 0 amide bonds. The van der Waals surface area contributed by atoms with Crippen molar-refractivity contribution in [1.29, 1.82) is 0 Å². The number of furan rings is 1. The van der Waals surface area contributed by atoms with Gasteiger partial charge in [0.15, 0.2) is 0 Å². The Bertz CT molecular complexity index is 406. The van der Waals surface area contributed by atoms with Crippen molar-refractivity contribution in [1.82, 2.24) is 0 Å². The molecule has 0 saturated heterocycles. The fraction of sp³-hybridized carbons (Fsp3) is 0.167. The molecule has 0 radical (unpaired) electrons. The van der Waals surface area contributed by atoms with Crippen LogP contribution in [0.1, 0.15) is 17.2 Å². The van der Waals surface area contributed by atoms with Crippen LogP contribution < -0.4 is 10.5 Å². The largest absolute Gasteiger partial charge is 0.497 e. The van der Waals surface area contributed by atoms with Crippen molar-refractivity contribution < 1.29 is 9.15 Å². The summed E-state index contributed by atoms with van der Waals surface area (Å²) >= 11 is 0. The van der Waals surface area contributed by atoms with Gasteiger partial charge in [-0.3, -0.25) is 0 Å². The number of ether oxygens (including phenoxy) is 1. The Morgan fingerprint density at radius 3 is 2.40 bits per heavy atom. The SMILES string of the molecule is COc1ccc(C(N)c2ccoc2)cc1. The van der Waals surface area contributed by atoms with E-state index in [-0.39, 0.29) is 6.04 Å². The predicted octanol–water partition coefficient (Wildman–Crippen LogP) is 2.34. The standard InChI is InChI=1S/C12H13NO2/c1-14-11-4-2-9(3-5-11)12(13)10-6-7-15-8-10/h2-8,12H,13H2,1H3. The van der Waals surface area contributed by atoms with Gasteiger partial charge in [-0.2, -0.15) is 0 Å². The van der Waals surface area contributed by atoms with E-state index in [4.69, 9.17) is 14.9 Å². The maximum atomic E-state index is 6.05. The van der Waals surface area contributed by atoms with Crippen molar-refractivity contribution >= 4 is 0 Å². The maximum absolute atomic E-state index is 6.05. The zero-order valence-electron chi connectivity index (χ0n) is 8.51. The first-order valence-electron chi connectivity index (χ1n) is 4.73. The second-order valence-corrected chi connectivity index (χ2v) is 3.31. The monoisotopic (exact) mass is 203 g/mol. The Morgan fingerprint density at radius 2 is 1.87 bits per heavy atom. The number of nitrogens with two attached hydrogens (primary N) is 1. The number of hydrogen-bond donors (Lipinski definition) is 1. The van der Waals surface area contributed by atoms with E-state index in [9.17, 15) is 0 Å². The van der Waals surface area contributed by atoms with Gasteiger partial charge in [-0.25, -0.2) is 0 Å². The minimum atomic E-state index is -0.144. The van der Waals surface area contributed by atoms with Crippen LogP contribution in [0.4, 0.5) is 0 Å². The van der Waals surface area contributed by atoms with E-state index in [1.165, 1.54) is 0 Å². The molecule has 2 rings (SSSR count). The van der Waals surface area contributed by atoms with Crippen molar-refractivity contribution in [3.8, 4) is 5.75 Å². The Kier molecular flexibility index (Phi) is 2.74. The molecule has 1 heterocycles. The highest BCUT2D eigenvalue weighted by molar-refractivity contribution is 5.33. The van der Waals surface area contributed by atoms with E-state index >= 15 is 0 Å². The van der Waals surface area contributed by atoms with E-state index in [1.54, 1.807) is 19.6 Å². The van der Waals surface area contributed by atoms with Crippen LogP contribution in [0.5, 0.6) is 5.75 Å². The summed E-state index contributed by atoms with van der Waals surface area (Å²) in [5.41, 5.74) is 8.06. The third-order valence-electron chi connectivity index (χ3n) is 2.38. The molecule has 0 spiro atoms. The average Bonchev–Trinajstić information content (AvgIpc) is 2.82. The Balaban J connectivity index is 2.22. The molecule has 2 aromatic rings. The van der Waals surface area contributed by atoms with Crippen molar-refractivity contribution in [3.63, 3.8) is 0 Å². The fourth-order valence-corrected chi connectivity index (χ4v) is 1.46. The molecule has 1 unspecified atom stereocenters. The summed E-state index contributed by atoms with van der Waals surface area (Å²) in [4.78, 5) is 0. The van der Waals surface area contributed by atoms with Gasteiger partial charge in [0.1, 0.15) is 5.75 Å². The van der Waals surface area contributed by atoms with Crippen LogP contribution in [0.2, 0.25) is 0 Å². The molecular weight excluding hydrogens is 190 g/mol. The number of benzene rings is 1. The smallest absolute Gasteiger partial charge is 0.118 e. The van der Waals surface area contributed by atoms with Gasteiger partial charge in [-0.15, -0.1) is 0 Å². The van der Waals surface area contributed by atoms with Crippen molar-refractivity contribution in [2.24, 2.45) is 5.73 Å². The van der Waals surface area contributed by atoms with Gasteiger partial charge in [0.25, 0.3) is 0 Å². The Labute approximate surface area is 88.5 Å². The van der Waals surface area contributed by atoms with E-state index in [2.05, 4.69) is 0 Å². The van der Waals surface area contributed by atoms with Crippen molar-refractivity contribution in [2.75, 3.05) is 7.11 Å². The summed E-state index contributed by atoms with van der Waals surface area (Å²) in [7, 11) is 1.64. The first kappa shape index (κ1) is 9.80. The van der Waals surface area contributed by atoms with Gasteiger partial charge < -0.3 is 14.9 Å². The quantitative estimate of drug-likeness (QED) is 0.832. The van der Waals surface area contributed by atoms with Gasteiger partial charge in [0.2, 0.25) is 0 Å². The zero-order chi connectivity index (χ0) is 10.7. The number of rotatable bonds is 3. The minimum Gasteiger partial charge on any atom is -0.497 e. The molecule has 0 bridgehead atoms. The molecule has 3 nitrogen and oxygen atoms in total. The van der Waals surface area contributed by atoms with Crippen molar-refractivity contribution in [3.05, 3.63) is 54.0 Å². The minimum absolute atomic E-state index is 0.144. The van der Waals surface area contributed by atoms with Gasteiger partial charge in [0, 0.05) is 5.56 Å². The van der Waals surface area contributed by atoms with E-state index < -0.39 is 0 Å². The lowest BCUT2D eigenvalue weighted by Gasteiger charge is -2.10. The summed E-state index contributed by atoms with van der Waals surface area (Å²) in [5, 5.41) is 0. The van der Waals surface area contributed by atoms with Crippen LogP contribution >= 0.6 is 0 Å². The molecule has 0 aliphatic carbocycles. The topological polar surface area (TPSA) is 48.4 Å². The van der Waals surface area contributed by atoms with E-state index in [0.29, 0.717) is 0 Å². The highest BCUT2D eigenvalue weighted by Crippen LogP contribution is 2.21. The van der Waals surface area contributed by atoms with E-state index in [0.717, 1.165) is 16.9 Å². The summed E-state index contributed by atoms with van der Waals surface area (Å²) in [5.74, 6) is 0.832. The van der Waals surface area contributed by atoms with E-state index in [1.807, 2.05) is 30.3 Å². The summed E-state index contributed by atoms with van der Waals surface area (Å²) < 4.78 is 10.1. The van der Waals surface area contributed by atoms with Crippen LogP contribution in [0.3, 0.4) is 0 Å². The third-order valence-corrected chi connectivity index (χ3v) is 2.38. The van der Waals surface area contributed by atoms with Crippen molar-refractivity contribution in [2.45, 2.75) is 6.04 Å². The molecule has 78 valence electrons. The highest BCUT2D eigenvalue weighted by Gasteiger charge is 2.09. The van der Waals surface area contributed by atoms with Crippen LogP contribution in [-0.4, -0.2) is 7.11 Å². The lowest BCUT2D eigenvalue weighted by Crippen LogP contribution is -2.10. The zero-order valence-corrected chi connectivity index (χ0v) is 8.51. The van der Waals surface area contributed by atoms with Gasteiger partial charge in [-0.05, 0) is 23.8 Å². The second kappa shape index (κ2) is 4.19. The third kappa shape index (κ3) is 2.02. The fourth-order valence-electron chi connectivity index (χ4n) is 1.46. The molecule has 3 heteroatoms. The van der Waals surface area contributed by atoms with Gasteiger partial charge in [-0.1, -0.05) is 12.1 Å². The molecule has 0 aliphatic heterocycles. The Hall–Kier alpha value is -1.74. The summed E-state index contributed by atoms with van der Waals surface area (Å²) in [6.07, 6.45) is 3.29. The molecule has 15 heavy (non-hydrogen) atoms. The molecular formula is C12H13NO2. The first-order chi connectivity index (χ1) is 7.31. The van der Waals surface area contributed by atoms with Crippen LogP contribution in [0.25, 0.3) is 0 Å². The second-order valence-electron chi connectivity index (χ2n) is 3.31. The highest BCUT2D eigenvalue weighted by atomic mass is 16.5. The molecule has 1 aromatic heterocycles. The van der Waals surface area contributed by atoms with Crippen LogP contribution in [0.15, 0.2) is 47.3 Å². The Morgan fingerprint density at radius 1 is 1.13 bits per heavy atom. The summed E-state index contributed by atoms with van der Waals surface area (Å²) in [6, 6.07) is 9.43. The molecule has 0 fully saturated rings. The molecule has 0 aliphatic rings. The number of hydrogen-bond acceptors (Lipinski definition) is 3. The summed E-state index contributed by atoms with van der Waals surface area (Å²) in [6.45, 7) is 0. The molecule has 0 saturated carbocycles. The van der Waals surface area contributed by atoms with Gasteiger partial charge in [0.05, 0.1) is 25.7 Å².